The first-order chi connectivity index (χ1) is 8.47. The highest BCUT2D eigenvalue weighted by Crippen LogP contribution is 2.31. The van der Waals surface area contributed by atoms with Gasteiger partial charge in [-0.1, -0.05) is 38.1 Å². The van der Waals surface area contributed by atoms with Crippen LogP contribution in [0.4, 0.5) is 5.69 Å². The highest BCUT2D eigenvalue weighted by atomic mass is 15.1. The van der Waals surface area contributed by atoms with Crippen LogP contribution in [-0.2, 0) is 0 Å². The number of hydrogen-bond donors (Lipinski definition) is 0. The summed E-state index contributed by atoms with van der Waals surface area (Å²) >= 11 is 0. The molecule has 1 nitrogen and oxygen atoms in total. The quantitative estimate of drug-likeness (QED) is 0.647. The molecule has 0 amide bonds. The SMILES string of the molecule is C=C(CCCC)C(=C)c1cc(C)ccc1N(C)C. The smallest absolute Gasteiger partial charge is 0.0440 e. The third-order valence-corrected chi connectivity index (χ3v) is 3.22. The lowest BCUT2D eigenvalue weighted by molar-refractivity contribution is 0.802. The molecular formula is C17H25N. The molecule has 0 fully saturated rings. The maximum atomic E-state index is 4.24. The molecule has 0 aliphatic heterocycles. The fourth-order valence-electron chi connectivity index (χ4n) is 2.01. The summed E-state index contributed by atoms with van der Waals surface area (Å²) < 4.78 is 0. The van der Waals surface area contributed by atoms with Crippen LogP contribution in [0.3, 0.4) is 0 Å². The zero-order chi connectivity index (χ0) is 13.7. The molecule has 1 heteroatoms. The van der Waals surface area contributed by atoms with Crippen LogP contribution in [0.1, 0.15) is 37.3 Å². The number of anilines is 1. The first kappa shape index (κ1) is 14.6. The number of allylic oxidation sites excluding steroid dienone is 2. The van der Waals surface area contributed by atoms with Gasteiger partial charge in [0.05, 0.1) is 0 Å². The van der Waals surface area contributed by atoms with Crippen LogP contribution >= 0.6 is 0 Å². The normalized spacial score (nSPS) is 10.2. The second-order valence-corrected chi connectivity index (χ2v) is 5.10. The predicted octanol–water partition coefficient (Wildman–Crippen LogP) is 4.82. The molecule has 18 heavy (non-hydrogen) atoms. The second-order valence-electron chi connectivity index (χ2n) is 5.10. The predicted molar refractivity (Wildman–Crippen MR) is 83.2 cm³/mol. The molecule has 1 aromatic carbocycles. The maximum Gasteiger partial charge on any atom is 0.0440 e. The zero-order valence-corrected chi connectivity index (χ0v) is 12.2. The molecule has 0 radical (unpaired) electrons. The van der Waals surface area contributed by atoms with Crippen molar-refractivity contribution in [2.24, 2.45) is 0 Å². The van der Waals surface area contributed by atoms with Crippen molar-refractivity contribution in [3.05, 3.63) is 48.1 Å². The Balaban J connectivity index is 3.03. The van der Waals surface area contributed by atoms with Gasteiger partial charge < -0.3 is 4.90 Å². The Morgan fingerprint density at radius 1 is 1.22 bits per heavy atom. The topological polar surface area (TPSA) is 3.24 Å². The summed E-state index contributed by atoms with van der Waals surface area (Å²) in [7, 11) is 4.13. The van der Waals surface area contributed by atoms with E-state index in [2.05, 4.69) is 64.2 Å². The Morgan fingerprint density at radius 2 is 1.89 bits per heavy atom. The van der Waals surface area contributed by atoms with Crippen molar-refractivity contribution in [2.45, 2.75) is 33.1 Å². The lowest BCUT2D eigenvalue weighted by Gasteiger charge is -2.20. The molecule has 0 spiro atoms. The van der Waals surface area contributed by atoms with Crippen LogP contribution in [0, 0.1) is 6.92 Å². The Labute approximate surface area is 112 Å². The van der Waals surface area contributed by atoms with Crippen LogP contribution < -0.4 is 4.90 Å². The standard InChI is InChI=1S/C17H25N/c1-7-8-9-14(3)15(4)16-12-13(2)10-11-17(16)18(5)6/h10-12H,3-4,7-9H2,1-2,5-6H3. The van der Waals surface area contributed by atoms with Gasteiger partial charge in [0.25, 0.3) is 0 Å². The molecule has 0 unspecified atom stereocenters. The highest BCUT2D eigenvalue weighted by Gasteiger charge is 2.10. The third kappa shape index (κ3) is 3.49. The van der Waals surface area contributed by atoms with Crippen LogP contribution in [0.5, 0.6) is 0 Å². The van der Waals surface area contributed by atoms with E-state index in [1.807, 2.05) is 0 Å². The Morgan fingerprint density at radius 3 is 2.44 bits per heavy atom. The van der Waals surface area contributed by atoms with Gasteiger partial charge in [0.1, 0.15) is 0 Å². The van der Waals surface area contributed by atoms with Gasteiger partial charge in [0, 0.05) is 25.3 Å². The fraction of sp³-hybridized carbons (Fsp3) is 0.412. The summed E-state index contributed by atoms with van der Waals surface area (Å²) in [5.41, 5.74) is 5.92. The van der Waals surface area contributed by atoms with Crippen LogP contribution in [0.15, 0.2) is 36.9 Å². The number of hydrogen-bond acceptors (Lipinski definition) is 1. The molecule has 98 valence electrons. The largest absolute Gasteiger partial charge is 0.377 e. The van der Waals surface area contributed by atoms with Crippen molar-refractivity contribution >= 4 is 11.3 Å². The average Bonchev–Trinajstić information content (AvgIpc) is 2.34. The molecule has 0 saturated heterocycles. The molecule has 1 aromatic rings. The van der Waals surface area contributed by atoms with Gasteiger partial charge in [-0.25, -0.2) is 0 Å². The van der Waals surface area contributed by atoms with Crippen LogP contribution in [0.2, 0.25) is 0 Å². The summed E-state index contributed by atoms with van der Waals surface area (Å²) in [6.45, 7) is 12.7. The highest BCUT2D eigenvalue weighted by molar-refractivity contribution is 5.84. The minimum absolute atomic E-state index is 1.04. The molecule has 0 saturated carbocycles. The van der Waals surface area contributed by atoms with Crippen molar-refractivity contribution in [1.29, 1.82) is 0 Å². The molecular weight excluding hydrogens is 218 g/mol. The molecule has 0 aliphatic rings. The van der Waals surface area contributed by atoms with Crippen molar-refractivity contribution < 1.29 is 0 Å². The monoisotopic (exact) mass is 243 g/mol. The van der Waals surface area contributed by atoms with E-state index < -0.39 is 0 Å². The lowest BCUT2D eigenvalue weighted by atomic mass is 9.94. The average molecular weight is 243 g/mol. The number of unbranched alkanes of at least 4 members (excludes halogenated alkanes) is 1. The number of aryl methyl sites for hydroxylation is 1. The van der Waals surface area contributed by atoms with E-state index in [1.54, 1.807) is 0 Å². The van der Waals surface area contributed by atoms with E-state index in [0.29, 0.717) is 0 Å². The first-order valence-electron chi connectivity index (χ1n) is 6.62. The summed E-state index contributed by atoms with van der Waals surface area (Å²) in [5.74, 6) is 0. The minimum atomic E-state index is 1.04. The third-order valence-electron chi connectivity index (χ3n) is 3.22. The van der Waals surface area contributed by atoms with E-state index in [4.69, 9.17) is 0 Å². The van der Waals surface area contributed by atoms with Gasteiger partial charge in [-0.2, -0.15) is 0 Å². The molecule has 0 bridgehead atoms. The van der Waals surface area contributed by atoms with Crippen LogP contribution in [0.25, 0.3) is 5.57 Å². The van der Waals surface area contributed by atoms with Gasteiger partial charge in [0.15, 0.2) is 0 Å². The van der Waals surface area contributed by atoms with E-state index >= 15 is 0 Å². The van der Waals surface area contributed by atoms with E-state index in [-0.39, 0.29) is 0 Å². The van der Waals surface area contributed by atoms with E-state index in [0.717, 1.165) is 17.6 Å². The van der Waals surface area contributed by atoms with Gasteiger partial charge in [-0.15, -0.1) is 0 Å². The van der Waals surface area contributed by atoms with E-state index in [1.165, 1.54) is 29.7 Å². The van der Waals surface area contributed by atoms with Crippen molar-refractivity contribution in [3.8, 4) is 0 Å². The van der Waals surface area contributed by atoms with E-state index in [9.17, 15) is 0 Å². The van der Waals surface area contributed by atoms with Gasteiger partial charge >= 0.3 is 0 Å². The summed E-state index contributed by atoms with van der Waals surface area (Å²) in [5, 5.41) is 0. The second kappa shape index (κ2) is 6.44. The fourth-order valence-corrected chi connectivity index (χ4v) is 2.01. The Kier molecular flexibility index (Phi) is 5.21. The maximum absolute atomic E-state index is 4.24. The van der Waals surface area contributed by atoms with Gasteiger partial charge in [-0.3, -0.25) is 0 Å². The number of rotatable bonds is 6. The summed E-state index contributed by atoms with van der Waals surface area (Å²) in [4.78, 5) is 2.13. The molecule has 0 heterocycles. The Bertz CT molecular complexity index is 441. The van der Waals surface area contributed by atoms with Crippen molar-refractivity contribution in [3.63, 3.8) is 0 Å². The molecule has 0 aliphatic carbocycles. The first-order valence-corrected chi connectivity index (χ1v) is 6.62. The van der Waals surface area contributed by atoms with Gasteiger partial charge in [-0.05, 0) is 43.0 Å². The lowest BCUT2D eigenvalue weighted by Crippen LogP contribution is -2.11. The summed E-state index contributed by atoms with van der Waals surface area (Å²) in [6.07, 6.45) is 3.41. The molecule has 1 rings (SSSR count). The molecule has 0 aromatic heterocycles. The van der Waals surface area contributed by atoms with Gasteiger partial charge in [0.2, 0.25) is 0 Å². The summed E-state index contributed by atoms with van der Waals surface area (Å²) in [6, 6.07) is 6.50. The van der Waals surface area contributed by atoms with Crippen molar-refractivity contribution in [2.75, 3.05) is 19.0 Å². The molecule has 0 N–H and O–H groups in total. The Hall–Kier alpha value is -1.50. The van der Waals surface area contributed by atoms with Crippen LogP contribution in [-0.4, -0.2) is 14.1 Å². The number of benzene rings is 1. The zero-order valence-electron chi connectivity index (χ0n) is 12.2. The number of nitrogens with zero attached hydrogens (tertiary/aromatic N) is 1. The molecule has 0 atom stereocenters. The minimum Gasteiger partial charge on any atom is -0.377 e. The van der Waals surface area contributed by atoms with Crippen molar-refractivity contribution in [1.82, 2.24) is 0 Å².